The zero-order chi connectivity index (χ0) is 29.2. The van der Waals surface area contributed by atoms with Crippen molar-refractivity contribution >= 4 is 17.9 Å². The first-order valence-electron chi connectivity index (χ1n) is 13.6. The van der Waals surface area contributed by atoms with Crippen LogP contribution < -0.4 is 15.4 Å². The Bertz CT molecular complexity index is 1260. The molecule has 2 aromatic carbocycles. The molecule has 0 spiro atoms. The number of ether oxygens (including phenoxy) is 2. The van der Waals surface area contributed by atoms with Gasteiger partial charge in [0, 0.05) is 43.1 Å². The summed E-state index contributed by atoms with van der Waals surface area (Å²) in [7, 11) is 1.50. The Morgan fingerprint density at radius 3 is 2.45 bits per heavy atom. The maximum atomic E-state index is 14.9. The lowest BCUT2D eigenvalue weighted by atomic mass is 9.87. The molecule has 0 aromatic heterocycles. The van der Waals surface area contributed by atoms with Crippen molar-refractivity contribution < 1.29 is 32.6 Å². The highest BCUT2D eigenvalue weighted by Gasteiger charge is 2.46. The fourth-order valence-electron chi connectivity index (χ4n) is 5.35. The molecule has 0 bridgehead atoms. The highest BCUT2D eigenvalue weighted by Crippen LogP contribution is 2.45. The van der Waals surface area contributed by atoms with Crippen LogP contribution in [0.1, 0.15) is 78.3 Å². The Morgan fingerprint density at radius 2 is 1.82 bits per heavy atom. The molecular formula is C30H37F2N3O5. The normalized spacial score (nSPS) is 21.7. The van der Waals surface area contributed by atoms with Gasteiger partial charge in [0.15, 0.2) is 0 Å². The van der Waals surface area contributed by atoms with E-state index in [1.54, 1.807) is 26.8 Å². The van der Waals surface area contributed by atoms with Crippen LogP contribution in [0.25, 0.3) is 0 Å². The molecule has 1 fully saturated rings. The van der Waals surface area contributed by atoms with Crippen LogP contribution in [0.3, 0.4) is 0 Å². The van der Waals surface area contributed by atoms with Crippen molar-refractivity contribution in [2.45, 2.75) is 64.1 Å². The van der Waals surface area contributed by atoms with E-state index in [0.29, 0.717) is 5.75 Å². The molecule has 40 heavy (non-hydrogen) atoms. The van der Waals surface area contributed by atoms with Gasteiger partial charge < -0.3 is 25.0 Å². The van der Waals surface area contributed by atoms with Crippen LogP contribution in [0.15, 0.2) is 42.5 Å². The van der Waals surface area contributed by atoms with Gasteiger partial charge in [-0.25, -0.2) is 13.6 Å². The van der Waals surface area contributed by atoms with Crippen molar-refractivity contribution in [1.82, 2.24) is 15.5 Å². The van der Waals surface area contributed by atoms with E-state index in [1.807, 2.05) is 37.3 Å². The number of likely N-dealkylation sites (tertiary alicyclic amines) is 1. The van der Waals surface area contributed by atoms with E-state index in [9.17, 15) is 23.2 Å². The maximum absolute atomic E-state index is 14.9. The predicted molar refractivity (Wildman–Crippen MR) is 146 cm³/mol. The first-order chi connectivity index (χ1) is 18.8. The molecule has 2 aliphatic rings. The second kappa shape index (κ2) is 11.4. The number of hydrogen-bond acceptors (Lipinski definition) is 5. The minimum atomic E-state index is -3.11. The number of amides is 3. The summed E-state index contributed by atoms with van der Waals surface area (Å²) >= 11 is 0. The summed E-state index contributed by atoms with van der Waals surface area (Å²) in [5.74, 6) is -4.70. The van der Waals surface area contributed by atoms with Gasteiger partial charge in [0.05, 0.1) is 12.1 Å². The van der Waals surface area contributed by atoms with Gasteiger partial charge in [0.25, 0.3) is 17.7 Å². The fourth-order valence-corrected chi connectivity index (χ4v) is 5.35. The van der Waals surface area contributed by atoms with Gasteiger partial charge in [-0.05, 0) is 58.2 Å². The van der Waals surface area contributed by atoms with Crippen molar-refractivity contribution in [2.24, 2.45) is 5.92 Å². The number of fused-ring (bicyclic) bond motifs is 1. The van der Waals surface area contributed by atoms with Crippen molar-refractivity contribution in [3.8, 4) is 5.75 Å². The zero-order valence-electron chi connectivity index (χ0n) is 23.6. The van der Waals surface area contributed by atoms with Gasteiger partial charge in [-0.15, -0.1) is 0 Å². The Hall–Kier alpha value is -3.69. The molecule has 3 unspecified atom stereocenters. The Kier molecular flexibility index (Phi) is 8.37. The standard InChI is InChI=1S/C30H37F2N3O5/c1-18-24(19-9-7-6-8-10-19)22-15-20(16-23(25(22)39-18)27(37)33-5)26(36)34-13-11-21-12-14-35(17-30(21,31)32)28(38)40-29(2,3)4/h6-10,15-16,18,21,24H,11-14,17H2,1-5H3,(H,33,37)(H,34,36). The van der Waals surface area contributed by atoms with Crippen LogP contribution in [-0.2, 0) is 4.74 Å². The summed E-state index contributed by atoms with van der Waals surface area (Å²) in [6.45, 7) is 6.43. The molecule has 1 saturated heterocycles. The molecule has 216 valence electrons. The summed E-state index contributed by atoms with van der Waals surface area (Å²) < 4.78 is 41.1. The lowest BCUT2D eigenvalue weighted by Crippen LogP contribution is -2.52. The third kappa shape index (κ3) is 6.37. The highest BCUT2D eigenvalue weighted by molar-refractivity contribution is 6.02. The molecule has 2 aliphatic heterocycles. The van der Waals surface area contributed by atoms with E-state index < -0.39 is 36.0 Å². The second-order valence-electron chi connectivity index (χ2n) is 11.4. The summed E-state index contributed by atoms with van der Waals surface area (Å²) in [6, 6.07) is 12.9. The topological polar surface area (TPSA) is 97.0 Å². The molecular weight excluding hydrogens is 520 g/mol. The Morgan fingerprint density at radius 1 is 1.12 bits per heavy atom. The van der Waals surface area contributed by atoms with Crippen LogP contribution in [0.4, 0.5) is 13.6 Å². The summed E-state index contributed by atoms with van der Waals surface area (Å²) in [5.41, 5.74) is 1.45. The van der Waals surface area contributed by atoms with Gasteiger partial charge in [0.2, 0.25) is 0 Å². The van der Waals surface area contributed by atoms with E-state index in [-0.39, 0.29) is 55.0 Å². The molecule has 3 atom stereocenters. The third-order valence-electron chi connectivity index (χ3n) is 7.29. The van der Waals surface area contributed by atoms with Crippen LogP contribution in [0.5, 0.6) is 5.75 Å². The number of rotatable bonds is 6. The maximum Gasteiger partial charge on any atom is 0.410 e. The average Bonchev–Trinajstić information content (AvgIpc) is 3.23. The average molecular weight is 558 g/mol. The predicted octanol–water partition coefficient (Wildman–Crippen LogP) is 4.97. The first-order valence-corrected chi connectivity index (χ1v) is 13.6. The molecule has 0 radical (unpaired) electrons. The summed E-state index contributed by atoms with van der Waals surface area (Å²) in [5, 5.41) is 5.33. The molecule has 0 saturated carbocycles. The number of alkyl halides is 2. The van der Waals surface area contributed by atoms with Gasteiger partial charge in [-0.2, -0.15) is 0 Å². The molecule has 2 heterocycles. The van der Waals surface area contributed by atoms with E-state index in [2.05, 4.69) is 10.6 Å². The SMILES string of the molecule is CNC(=O)c1cc(C(=O)NCCC2CCN(C(=O)OC(C)(C)C)CC2(F)F)cc2c1OC(C)C2c1ccccc1. The number of piperidine rings is 1. The number of carbonyl (C=O) groups is 3. The van der Waals surface area contributed by atoms with Crippen LogP contribution in [0.2, 0.25) is 0 Å². The van der Waals surface area contributed by atoms with Crippen LogP contribution >= 0.6 is 0 Å². The van der Waals surface area contributed by atoms with Gasteiger partial charge in [-0.3, -0.25) is 9.59 Å². The van der Waals surface area contributed by atoms with Crippen molar-refractivity contribution in [2.75, 3.05) is 26.7 Å². The van der Waals surface area contributed by atoms with E-state index in [1.165, 1.54) is 13.1 Å². The molecule has 2 aromatic rings. The third-order valence-corrected chi connectivity index (χ3v) is 7.29. The number of carbonyl (C=O) groups excluding carboxylic acids is 3. The van der Waals surface area contributed by atoms with Crippen molar-refractivity contribution in [1.29, 1.82) is 0 Å². The molecule has 10 heteroatoms. The van der Waals surface area contributed by atoms with Gasteiger partial charge in [-0.1, -0.05) is 30.3 Å². The van der Waals surface area contributed by atoms with Crippen LogP contribution in [0, 0.1) is 5.92 Å². The number of nitrogens with one attached hydrogen (secondary N) is 2. The molecule has 0 aliphatic carbocycles. The largest absolute Gasteiger partial charge is 0.489 e. The monoisotopic (exact) mass is 557 g/mol. The minimum Gasteiger partial charge on any atom is -0.489 e. The first kappa shape index (κ1) is 29.3. The number of halogens is 2. The number of benzene rings is 2. The van der Waals surface area contributed by atoms with E-state index >= 15 is 0 Å². The second-order valence-corrected chi connectivity index (χ2v) is 11.4. The van der Waals surface area contributed by atoms with Gasteiger partial charge in [0.1, 0.15) is 17.5 Å². The number of hydrogen-bond donors (Lipinski definition) is 2. The summed E-state index contributed by atoms with van der Waals surface area (Å²) in [4.78, 5) is 39.2. The number of nitrogens with zero attached hydrogens (tertiary/aromatic N) is 1. The van der Waals surface area contributed by atoms with E-state index in [4.69, 9.17) is 9.47 Å². The smallest absolute Gasteiger partial charge is 0.410 e. The van der Waals surface area contributed by atoms with Crippen molar-refractivity contribution in [3.63, 3.8) is 0 Å². The minimum absolute atomic E-state index is 0.0208. The summed E-state index contributed by atoms with van der Waals surface area (Å²) in [6.07, 6.45) is -0.876. The lowest BCUT2D eigenvalue weighted by Gasteiger charge is -2.38. The quantitative estimate of drug-likeness (QED) is 0.523. The highest BCUT2D eigenvalue weighted by atomic mass is 19.3. The molecule has 3 amide bonds. The Labute approximate surface area is 233 Å². The zero-order valence-corrected chi connectivity index (χ0v) is 23.6. The van der Waals surface area contributed by atoms with Crippen LogP contribution in [-0.4, -0.2) is 67.1 Å². The molecule has 2 N–H and O–H groups in total. The lowest BCUT2D eigenvalue weighted by molar-refractivity contribution is -0.112. The van der Waals surface area contributed by atoms with Crippen molar-refractivity contribution in [3.05, 3.63) is 64.7 Å². The van der Waals surface area contributed by atoms with E-state index in [0.717, 1.165) is 16.0 Å². The molecule has 8 nitrogen and oxygen atoms in total. The van der Waals surface area contributed by atoms with Gasteiger partial charge >= 0.3 is 6.09 Å². The Balaban J connectivity index is 1.45. The fraction of sp³-hybridized carbons (Fsp3) is 0.500. The molecule has 4 rings (SSSR count).